The molecule has 0 saturated carbocycles. The standard InChI is InChI=1S/C23H25NO4/c1-4-20(22(26)17-8-6-5-7-9-17)28-23(27)18-13-21(25)24(14-18)19-11-10-15(2)12-16(19)3/h5-12,18,20H,4,13-14H2,1-3H3/t18-,20+/m1/s1. The maximum absolute atomic E-state index is 12.7. The molecule has 5 nitrogen and oxygen atoms in total. The van der Waals surface area contributed by atoms with Crippen LogP contribution in [0.2, 0.25) is 0 Å². The van der Waals surface area contributed by atoms with Gasteiger partial charge in [0.15, 0.2) is 6.10 Å². The number of nitrogens with zero attached hydrogens (tertiary/aromatic N) is 1. The monoisotopic (exact) mass is 379 g/mol. The van der Waals surface area contributed by atoms with Crippen molar-refractivity contribution in [3.63, 3.8) is 0 Å². The Kier molecular flexibility index (Phi) is 5.93. The summed E-state index contributed by atoms with van der Waals surface area (Å²) in [5, 5.41) is 0. The second kappa shape index (κ2) is 8.38. The van der Waals surface area contributed by atoms with Crippen LogP contribution in [0.1, 0.15) is 41.3 Å². The molecule has 1 heterocycles. The summed E-state index contributed by atoms with van der Waals surface area (Å²) in [5.41, 5.74) is 3.45. The van der Waals surface area contributed by atoms with E-state index in [9.17, 15) is 14.4 Å². The van der Waals surface area contributed by atoms with Crippen LogP contribution in [0, 0.1) is 19.8 Å². The first-order chi connectivity index (χ1) is 13.4. The minimum atomic E-state index is -0.833. The van der Waals surface area contributed by atoms with Gasteiger partial charge in [0.25, 0.3) is 0 Å². The van der Waals surface area contributed by atoms with E-state index in [1.165, 1.54) is 0 Å². The van der Waals surface area contributed by atoms with Crippen LogP contribution in [-0.2, 0) is 14.3 Å². The average molecular weight is 379 g/mol. The van der Waals surface area contributed by atoms with Crippen LogP contribution in [0.25, 0.3) is 0 Å². The lowest BCUT2D eigenvalue weighted by atomic mass is 10.0. The zero-order chi connectivity index (χ0) is 20.3. The molecule has 2 aromatic rings. The zero-order valence-electron chi connectivity index (χ0n) is 16.5. The molecule has 1 fully saturated rings. The number of aryl methyl sites for hydroxylation is 2. The fourth-order valence-electron chi connectivity index (χ4n) is 3.55. The molecule has 0 N–H and O–H groups in total. The highest BCUT2D eigenvalue weighted by Gasteiger charge is 2.38. The van der Waals surface area contributed by atoms with Crippen molar-refractivity contribution in [3.05, 3.63) is 65.2 Å². The van der Waals surface area contributed by atoms with Gasteiger partial charge in [0.2, 0.25) is 11.7 Å². The minimum Gasteiger partial charge on any atom is -0.454 e. The topological polar surface area (TPSA) is 63.7 Å². The Balaban J connectivity index is 1.69. The first kappa shape index (κ1) is 19.8. The van der Waals surface area contributed by atoms with Crippen LogP contribution in [0.15, 0.2) is 48.5 Å². The maximum atomic E-state index is 12.7. The molecule has 1 saturated heterocycles. The van der Waals surface area contributed by atoms with Gasteiger partial charge in [-0.05, 0) is 31.9 Å². The summed E-state index contributed by atoms with van der Waals surface area (Å²) < 4.78 is 5.51. The minimum absolute atomic E-state index is 0.0993. The fraction of sp³-hybridized carbons (Fsp3) is 0.348. The summed E-state index contributed by atoms with van der Waals surface area (Å²) in [7, 11) is 0. The number of hydrogen-bond acceptors (Lipinski definition) is 4. The van der Waals surface area contributed by atoms with Gasteiger partial charge in [0.1, 0.15) is 0 Å². The predicted octanol–water partition coefficient (Wildman–Crippen LogP) is 3.86. The number of ether oxygens (including phenoxy) is 1. The number of carbonyl (C=O) groups is 3. The van der Waals surface area contributed by atoms with E-state index in [1.54, 1.807) is 36.1 Å². The molecule has 1 aliphatic rings. The second-order valence-electron chi connectivity index (χ2n) is 7.26. The van der Waals surface area contributed by atoms with E-state index in [2.05, 4.69) is 0 Å². The van der Waals surface area contributed by atoms with Crippen LogP contribution in [-0.4, -0.2) is 30.3 Å². The van der Waals surface area contributed by atoms with Crippen molar-refractivity contribution in [2.45, 2.75) is 39.7 Å². The van der Waals surface area contributed by atoms with Gasteiger partial charge in [-0.2, -0.15) is 0 Å². The third kappa shape index (κ3) is 4.14. The Labute approximate surface area is 165 Å². The normalized spacial score (nSPS) is 17.5. The first-order valence-corrected chi connectivity index (χ1v) is 9.58. The number of esters is 1. The molecule has 0 unspecified atom stereocenters. The van der Waals surface area contributed by atoms with E-state index in [1.807, 2.05) is 38.1 Å². The zero-order valence-corrected chi connectivity index (χ0v) is 16.5. The molecular weight excluding hydrogens is 354 g/mol. The summed E-state index contributed by atoms with van der Waals surface area (Å²) >= 11 is 0. The first-order valence-electron chi connectivity index (χ1n) is 9.58. The molecular formula is C23H25NO4. The van der Waals surface area contributed by atoms with Crippen molar-refractivity contribution < 1.29 is 19.1 Å². The van der Waals surface area contributed by atoms with E-state index in [0.29, 0.717) is 12.0 Å². The number of carbonyl (C=O) groups excluding carboxylic acids is 3. The molecule has 3 rings (SSSR count). The summed E-state index contributed by atoms with van der Waals surface area (Å²) in [4.78, 5) is 39.4. The molecule has 1 amide bonds. The molecule has 28 heavy (non-hydrogen) atoms. The molecule has 0 spiro atoms. The highest BCUT2D eigenvalue weighted by molar-refractivity contribution is 6.02. The van der Waals surface area contributed by atoms with Gasteiger partial charge in [-0.15, -0.1) is 0 Å². The molecule has 5 heteroatoms. The number of hydrogen-bond donors (Lipinski definition) is 0. The van der Waals surface area contributed by atoms with Crippen LogP contribution in [0.4, 0.5) is 5.69 Å². The molecule has 1 aliphatic heterocycles. The highest BCUT2D eigenvalue weighted by Crippen LogP contribution is 2.29. The van der Waals surface area contributed by atoms with E-state index in [0.717, 1.165) is 16.8 Å². The Bertz CT molecular complexity index is 891. The molecule has 0 bridgehead atoms. The smallest absolute Gasteiger partial charge is 0.312 e. The Morgan fingerprint density at radius 1 is 1.14 bits per heavy atom. The number of benzene rings is 2. The highest BCUT2D eigenvalue weighted by atomic mass is 16.5. The molecule has 146 valence electrons. The van der Waals surface area contributed by atoms with Gasteiger partial charge < -0.3 is 9.64 Å². The third-order valence-corrected chi connectivity index (χ3v) is 5.08. The van der Waals surface area contributed by atoms with E-state index in [-0.39, 0.29) is 24.7 Å². The molecule has 2 aromatic carbocycles. The second-order valence-corrected chi connectivity index (χ2v) is 7.26. The Morgan fingerprint density at radius 2 is 1.86 bits per heavy atom. The summed E-state index contributed by atoms with van der Waals surface area (Å²) in [6.07, 6.45) is -0.344. The average Bonchev–Trinajstić information content (AvgIpc) is 3.07. The van der Waals surface area contributed by atoms with Crippen LogP contribution < -0.4 is 4.90 Å². The molecule has 2 atom stereocenters. The number of amides is 1. The molecule has 0 aromatic heterocycles. The lowest BCUT2D eigenvalue weighted by molar-refractivity contribution is -0.151. The third-order valence-electron chi connectivity index (χ3n) is 5.08. The van der Waals surface area contributed by atoms with Gasteiger partial charge in [-0.25, -0.2) is 0 Å². The lowest BCUT2D eigenvalue weighted by Gasteiger charge is -2.20. The Morgan fingerprint density at radius 3 is 2.50 bits per heavy atom. The van der Waals surface area contributed by atoms with Crippen molar-refractivity contribution in [1.82, 2.24) is 0 Å². The van der Waals surface area contributed by atoms with Gasteiger partial charge in [0.05, 0.1) is 5.92 Å². The van der Waals surface area contributed by atoms with Crippen LogP contribution in [0.5, 0.6) is 0 Å². The number of rotatable bonds is 6. The van der Waals surface area contributed by atoms with Gasteiger partial charge in [-0.1, -0.05) is 55.0 Å². The number of ketones is 1. The van der Waals surface area contributed by atoms with Gasteiger partial charge in [0, 0.05) is 24.2 Å². The van der Waals surface area contributed by atoms with Crippen LogP contribution in [0.3, 0.4) is 0 Å². The maximum Gasteiger partial charge on any atom is 0.312 e. The van der Waals surface area contributed by atoms with Gasteiger partial charge in [-0.3, -0.25) is 14.4 Å². The largest absolute Gasteiger partial charge is 0.454 e. The van der Waals surface area contributed by atoms with Crippen molar-refractivity contribution in [2.24, 2.45) is 5.92 Å². The quantitative estimate of drug-likeness (QED) is 0.565. The summed E-state index contributed by atoms with van der Waals surface area (Å²) in [5.74, 6) is -1.37. The predicted molar refractivity (Wildman–Crippen MR) is 107 cm³/mol. The molecule has 0 aliphatic carbocycles. The lowest BCUT2D eigenvalue weighted by Crippen LogP contribution is -2.32. The van der Waals surface area contributed by atoms with E-state index >= 15 is 0 Å². The molecule has 0 radical (unpaired) electrons. The summed E-state index contributed by atoms with van der Waals surface area (Å²) in [6.45, 7) is 6.03. The van der Waals surface area contributed by atoms with E-state index < -0.39 is 18.0 Å². The van der Waals surface area contributed by atoms with Crippen LogP contribution >= 0.6 is 0 Å². The van der Waals surface area contributed by atoms with Crippen molar-refractivity contribution >= 4 is 23.3 Å². The van der Waals surface area contributed by atoms with Crippen molar-refractivity contribution in [1.29, 1.82) is 0 Å². The van der Waals surface area contributed by atoms with Crippen molar-refractivity contribution in [3.8, 4) is 0 Å². The Hall–Kier alpha value is -2.95. The van der Waals surface area contributed by atoms with Gasteiger partial charge >= 0.3 is 5.97 Å². The SMILES string of the molecule is CC[C@H](OC(=O)[C@@H]1CC(=O)N(c2ccc(C)cc2C)C1)C(=O)c1ccccc1. The fourth-order valence-corrected chi connectivity index (χ4v) is 3.55. The van der Waals surface area contributed by atoms with Crippen molar-refractivity contribution in [2.75, 3.05) is 11.4 Å². The summed E-state index contributed by atoms with van der Waals surface area (Å²) in [6, 6.07) is 14.7. The number of anilines is 1. The number of Topliss-reactive ketones (excluding diaryl/α,β-unsaturated/α-hetero) is 1. The van der Waals surface area contributed by atoms with E-state index in [4.69, 9.17) is 4.74 Å².